The Hall–Kier alpha value is -1.88. The number of nitrogens with two attached hydrogens (primary N) is 1. The monoisotopic (exact) mass is 261 g/mol. The van der Waals surface area contributed by atoms with Gasteiger partial charge in [-0.2, -0.15) is 0 Å². The van der Waals surface area contributed by atoms with Gasteiger partial charge >= 0.3 is 0 Å². The third-order valence-corrected chi connectivity index (χ3v) is 3.20. The van der Waals surface area contributed by atoms with E-state index in [9.17, 15) is 9.59 Å². The van der Waals surface area contributed by atoms with E-state index in [0.717, 1.165) is 12.8 Å². The van der Waals surface area contributed by atoms with Gasteiger partial charge in [0.1, 0.15) is 0 Å². The van der Waals surface area contributed by atoms with Crippen LogP contribution in [-0.2, 0) is 4.79 Å². The summed E-state index contributed by atoms with van der Waals surface area (Å²) in [6.07, 6.45) is 1.90. The van der Waals surface area contributed by atoms with Gasteiger partial charge in [0.2, 0.25) is 5.91 Å². The zero-order valence-electron chi connectivity index (χ0n) is 11.1. The van der Waals surface area contributed by atoms with Crippen molar-refractivity contribution in [3.63, 3.8) is 0 Å². The molecule has 0 unspecified atom stereocenters. The number of nitrogens with one attached hydrogen (secondary N) is 1. The number of hydrogen-bond acceptors (Lipinski definition) is 3. The van der Waals surface area contributed by atoms with Crippen LogP contribution in [-0.4, -0.2) is 32.0 Å². The van der Waals surface area contributed by atoms with Gasteiger partial charge in [-0.05, 0) is 25.0 Å². The fourth-order valence-corrected chi connectivity index (χ4v) is 1.96. The molecule has 5 heteroatoms. The number of carbonyl (C=O) groups excluding carboxylic acids is 2. The van der Waals surface area contributed by atoms with E-state index < -0.39 is 0 Å². The van der Waals surface area contributed by atoms with Crippen molar-refractivity contribution in [3.05, 3.63) is 29.8 Å². The van der Waals surface area contributed by atoms with Crippen molar-refractivity contribution in [1.29, 1.82) is 0 Å². The molecule has 19 heavy (non-hydrogen) atoms. The summed E-state index contributed by atoms with van der Waals surface area (Å²) in [7, 11) is 1.72. The molecule has 1 aromatic rings. The highest BCUT2D eigenvalue weighted by molar-refractivity contribution is 6.05. The SMILES string of the molecule is CN(C(=O)C1CC1)c1ccccc1C(=O)NCCN. The molecule has 1 aliphatic rings. The molecule has 0 radical (unpaired) electrons. The largest absolute Gasteiger partial charge is 0.351 e. The number of benzene rings is 1. The van der Waals surface area contributed by atoms with E-state index in [4.69, 9.17) is 5.73 Å². The van der Waals surface area contributed by atoms with Gasteiger partial charge in [0.25, 0.3) is 5.91 Å². The maximum Gasteiger partial charge on any atom is 0.253 e. The average Bonchev–Trinajstić information content (AvgIpc) is 3.27. The van der Waals surface area contributed by atoms with Crippen molar-refractivity contribution in [2.24, 2.45) is 11.7 Å². The van der Waals surface area contributed by atoms with Gasteiger partial charge in [-0.25, -0.2) is 0 Å². The molecular formula is C14H19N3O2. The van der Waals surface area contributed by atoms with Gasteiger partial charge in [0, 0.05) is 26.1 Å². The molecule has 1 saturated carbocycles. The van der Waals surface area contributed by atoms with Gasteiger partial charge in [0.15, 0.2) is 0 Å². The van der Waals surface area contributed by atoms with Gasteiger partial charge < -0.3 is 16.0 Å². The van der Waals surface area contributed by atoms with Crippen LogP contribution in [0.2, 0.25) is 0 Å². The predicted octanol–water partition coefficient (Wildman–Crippen LogP) is 0.748. The third-order valence-electron chi connectivity index (χ3n) is 3.20. The molecule has 2 rings (SSSR count). The fourth-order valence-electron chi connectivity index (χ4n) is 1.96. The van der Waals surface area contributed by atoms with Crippen molar-refractivity contribution in [2.75, 3.05) is 25.0 Å². The maximum atomic E-state index is 12.1. The van der Waals surface area contributed by atoms with Crippen LogP contribution in [0.1, 0.15) is 23.2 Å². The highest BCUT2D eigenvalue weighted by Gasteiger charge is 2.33. The molecule has 5 nitrogen and oxygen atoms in total. The van der Waals surface area contributed by atoms with Crippen molar-refractivity contribution >= 4 is 17.5 Å². The molecular weight excluding hydrogens is 242 g/mol. The molecule has 0 aliphatic heterocycles. The molecule has 0 atom stereocenters. The van der Waals surface area contributed by atoms with E-state index in [1.54, 1.807) is 30.1 Å². The van der Waals surface area contributed by atoms with E-state index in [0.29, 0.717) is 24.3 Å². The van der Waals surface area contributed by atoms with Crippen LogP contribution in [0.5, 0.6) is 0 Å². The van der Waals surface area contributed by atoms with Crippen LogP contribution < -0.4 is 16.0 Å². The number of hydrogen-bond donors (Lipinski definition) is 2. The minimum Gasteiger partial charge on any atom is -0.351 e. The number of anilines is 1. The van der Waals surface area contributed by atoms with Crippen LogP contribution in [0.3, 0.4) is 0 Å². The van der Waals surface area contributed by atoms with Gasteiger partial charge in [-0.15, -0.1) is 0 Å². The summed E-state index contributed by atoms with van der Waals surface area (Å²) in [4.78, 5) is 25.7. The normalized spacial score (nSPS) is 14.0. The van der Waals surface area contributed by atoms with Crippen LogP contribution in [0.25, 0.3) is 0 Å². The van der Waals surface area contributed by atoms with Crippen LogP contribution in [0, 0.1) is 5.92 Å². The number of carbonyl (C=O) groups is 2. The molecule has 102 valence electrons. The number of rotatable bonds is 5. The lowest BCUT2D eigenvalue weighted by molar-refractivity contribution is -0.119. The second-order valence-corrected chi connectivity index (χ2v) is 4.73. The number of amides is 2. The quantitative estimate of drug-likeness (QED) is 0.821. The summed E-state index contributed by atoms with van der Waals surface area (Å²) in [6, 6.07) is 7.12. The standard InChI is InChI=1S/C14H19N3O2/c1-17(14(19)10-6-7-10)12-5-3-2-4-11(12)13(18)16-9-8-15/h2-5,10H,6-9,15H2,1H3,(H,16,18). The molecule has 0 saturated heterocycles. The second kappa shape index (κ2) is 5.84. The van der Waals surface area contributed by atoms with E-state index in [2.05, 4.69) is 5.32 Å². The maximum absolute atomic E-state index is 12.1. The summed E-state index contributed by atoms with van der Waals surface area (Å²) in [6.45, 7) is 0.818. The molecule has 0 heterocycles. The fraction of sp³-hybridized carbons (Fsp3) is 0.429. The second-order valence-electron chi connectivity index (χ2n) is 4.73. The zero-order valence-corrected chi connectivity index (χ0v) is 11.1. The van der Waals surface area contributed by atoms with Gasteiger partial charge in [0.05, 0.1) is 11.3 Å². The topological polar surface area (TPSA) is 75.4 Å². The summed E-state index contributed by atoms with van der Waals surface area (Å²) in [5.41, 5.74) is 6.52. The van der Waals surface area contributed by atoms with Gasteiger partial charge in [-0.3, -0.25) is 9.59 Å². The zero-order chi connectivity index (χ0) is 13.8. The summed E-state index contributed by atoms with van der Waals surface area (Å²) in [5.74, 6) is 0.0146. The Morgan fingerprint density at radius 3 is 2.68 bits per heavy atom. The highest BCUT2D eigenvalue weighted by Crippen LogP contribution is 2.33. The lowest BCUT2D eigenvalue weighted by Gasteiger charge is -2.20. The minimum atomic E-state index is -0.198. The van der Waals surface area contributed by atoms with Crippen molar-refractivity contribution < 1.29 is 9.59 Å². The third kappa shape index (κ3) is 3.12. The average molecular weight is 261 g/mol. The molecule has 0 spiro atoms. The molecule has 1 fully saturated rings. The molecule has 0 bridgehead atoms. The van der Waals surface area contributed by atoms with E-state index in [-0.39, 0.29) is 17.7 Å². The lowest BCUT2D eigenvalue weighted by Crippen LogP contribution is -2.33. The van der Waals surface area contributed by atoms with Crippen molar-refractivity contribution in [3.8, 4) is 0 Å². The first-order valence-electron chi connectivity index (χ1n) is 6.50. The first kappa shape index (κ1) is 13.5. The van der Waals surface area contributed by atoms with Gasteiger partial charge in [-0.1, -0.05) is 12.1 Å². The Balaban J connectivity index is 2.19. The van der Waals surface area contributed by atoms with E-state index in [1.165, 1.54) is 0 Å². The smallest absolute Gasteiger partial charge is 0.253 e. The molecule has 1 aromatic carbocycles. The van der Waals surface area contributed by atoms with Crippen molar-refractivity contribution in [1.82, 2.24) is 5.32 Å². The Kier molecular flexibility index (Phi) is 4.16. The molecule has 2 amide bonds. The Morgan fingerprint density at radius 2 is 2.05 bits per heavy atom. The highest BCUT2D eigenvalue weighted by atomic mass is 16.2. The lowest BCUT2D eigenvalue weighted by atomic mass is 10.1. The number of nitrogens with zero attached hydrogens (tertiary/aromatic N) is 1. The summed E-state index contributed by atoms with van der Waals surface area (Å²) >= 11 is 0. The van der Waals surface area contributed by atoms with Crippen LogP contribution in [0.4, 0.5) is 5.69 Å². The van der Waals surface area contributed by atoms with Crippen LogP contribution in [0.15, 0.2) is 24.3 Å². The summed E-state index contributed by atoms with van der Waals surface area (Å²) < 4.78 is 0. The van der Waals surface area contributed by atoms with Crippen LogP contribution >= 0.6 is 0 Å². The number of para-hydroxylation sites is 1. The van der Waals surface area contributed by atoms with Crippen molar-refractivity contribution in [2.45, 2.75) is 12.8 Å². The predicted molar refractivity (Wildman–Crippen MR) is 74.0 cm³/mol. The Labute approximate surface area is 112 Å². The minimum absolute atomic E-state index is 0.0825. The molecule has 3 N–H and O–H groups in total. The Morgan fingerprint density at radius 1 is 1.37 bits per heavy atom. The summed E-state index contributed by atoms with van der Waals surface area (Å²) in [5, 5.41) is 2.73. The first-order chi connectivity index (χ1) is 9.15. The first-order valence-corrected chi connectivity index (χ1v) is 6.50. The molecule has 0 aromatic heterocycles. The Bertz CT molecular complexity index is 483. The molecule has 1 aliphatic carbocycles. The van der Waals surface area contributed by atoms with E-state index >= 15 is 0 Å². The van der Waals surface area contributed by atoms with E-state index in [1.807, 2.05) is 6.07 Å².